The van der Waals surface area contributed by atoms with Gasteiger partial charge >= 0.3 is 0 Å². The molecule has 0 spiro atoms. The molecule has 4 nitrogen and oxygen atoms in total. The van der Waals surface area contributed by atoms with Crippen LogP contribution in [0.3, 0.4) is 0 Å². The van der Waals surface area contributed by atoms with Crippen molar-refractivity contribution in [3.63, 3.8) is 0 Å². The lowest BCUT2D eigenvalue weighted by Gasteiger charge is -2.56. The Labute approximate surface area is 167 Å². The highest BCUT2D eigenvalue weighted by atomic mass is 16.1. The summed E-state index contributed by atoms with van der Waals surface area (Å²) in [6.07, 6.45) is 11.9. The number of carbonyl (C=O) groups excluding carboxylic acids is 1. The van der Waals surface area contributed by atoms with E-state index in [1.165, 1.54) is 38.5 Å². The van der Waals surface area contributed by atoms with Crippen LogP contribution in [-0.2, 0) is 5.41 Å². The molecule has 4 saturated carbocycles. The zero-order valence-corrected chi connectivity index (χ0v) is 16.9. The van der Waals surface area contributed by atoms with Crippen molar-refractivity contribution in [2.75, 3.05) is 6.54 Å². The summed E-state index contributed by atoms with van der Waals surface area (Å²) in [5.41, 5.74) is 3.03. The van der Waals surface area contributed by atoms with Gasteiger partial charge in [-0.15, -0.1) is 0 Å². The van der Waals surface area contributed by atoms with E-state index in [1.807, 2.05) is 29.1 Å². The van der Waals surface area contributed by atoms with Gasteiger partial charge in [-0.2, -0.15) is 5.10 Å². The van der Waals surface area contributed by atoms with E-state index in [0.717, 1.165) is 54.1 Å². The summed E-state index contributed by atoms with van der Waals surface area (Å²) in [7, 11) is 0. The molecule has 0 unspecified atom stereocenters. The summed E-state index contributed by atoms with van der Waals surface area (Å²) in [6, 6.07) is 10.2. The normalized spacial score (nSPS) is 30.5. The fourth-order valence-corrected chi connectivity index (χ4v) is 6.52. The zero-order valence-electron chi connectivity index (χ0n) is 16.9. The SMILES string of the molecule is CCCCNC(=O)c1cn(-c2ccccc2)nc1C12CC3CC(CC(C3)C1)C2. The minimum atomic E-state index is 0.0568. The minimum Gasteiger partial charge on any atom is -0.352 e. The Kier molecular flexibility index (Phi) is 4.53. The monoisotopic (exact) mass is 377 g/mol. The number of rotatable bonds is 6. The molecule has 1 N–H and O–H groups in total. The number of para-hydroxylation sites is 1. The first-order chi connectivity index (χ1) is 13.7. The smallest absolute Gasteiger partial charge is 0.254 e. The van der Waals surface area contributed by atoms with Gasteiger partial charge in [-0.05, 0) is 74.8 Å². The third kappa shape index (κ3) is 3.07. The maximum Gasteiger partial charge on any atom is 0.254 e. The van der Waals surface area contributed by atoms with Crippen LogP contribution >= 0.6 is 0 Å². The maximum atomic E-state index is 13.1. The van der Waals surface area contributed by atoms with Crippen LogP contribution < -0.4 is 5.32 Å². The van der Waals surface area contributed by atoms with Gasteiger partial charge in [0, 0.05) is 18.2 Å². The molecule has 1 aromatic carbocycles. The maximum absolute atomic E-state index is 13.1. The van der Waals surface area contributed by atoms with Gasteiger partial charge in [0.1, 0.15) is 0 Å². The number of hydrogen-bond acceptors (Lipinski definition) is 2. The van der Waals surface area contributed by atoms with Crippen molar-refractivity contribution in [3.05, 3.63) is 47.8 Å². The van der Waals surface area contributed by atoms with Crippen molar-refractivity contribution in [1.82, 2.24) is 15.1 Å². The minimum absolute atomic E-state index is 0.0568. The molecule has 0 atom stereocenters. The first kappa shape index (κ1) is 18.0. The van der Waals surface area contributed by atoms with Crippen molar-refractivity contribution < 1.29 is 4.79 Å². The van der Waals surface area contributed by atoms with Crippen LogP contribution in [0.2, 0.25) is 0 Å². The van der Waals surface area contributed by atoms with Gasteiger partial charge in [-0.3, -0.25) is 4.79 Å². The summed E-state index contributed by atoms with van der Waals surface area (Å²) in [5.74, 6) is 2.57. The van der Waals surface area contributed by atoms with Gasteiger partial charge in [0.25, 0.3) is 5.91 Å². The van der Waals surface area contributed by atoms with Crippen molar-refractivity contribution in [3.8, 4) is 5.69 Å². The number of aromatic nitrogens is 2. The van der Waals surface area contributed by atoms with Crippen LogP contribution in [0.15, 0.2) is 36.5 Å². The predicted molar refractivity (Wildman–Crippen MR) is 111 cm³/mol. The molecule has 28 heavy (non-hydrogen) atoms. The standard InChI is InChI=1S/C24H31N3O/c1-2-3-9-25-23(28)21-16-27(20-7-5-4-6-8-20)26-22(21)24-13-17-10-18(14-24)12-19(11-17)15-24/h4-8,16-19H,2-3,9-15H2,1H3,(H,25,28). The van der Waals surface area contributed by atoms with Gasteiger partial charge in [-0.1, -0.05) is 31.5 Å². The molecule has 0 aliphatic heterocycles. The summed E-state index contributed by atoms with van der Waals surface area (Å²) in [5, 5.41) is 8.22. The Morgan fingerprint density at radius 2 is 1.75 bits per heavy atom. The fourth-order valence-electron chi connectivity index (χ4n) is 6.52. The molecular weight excluding hydrogens is 346 g/mol. The van der Waals surface area contributed by atoms with Crippen molar-refractivity contribution in [2.45, 2.75) is 63.7 Å². The van der Waals surface area contributed by atoms with E-state index in [2.05, 4.69) is 24.4 Å². The third-order valence-electron chi connectivity index (χ3n) is 7.34. The van der Waals surface area contributed by atoms with Crippen molar-refractivity contribution in [2.24, 2.45) is 17.8 Å². The van der Waals surface area contributed by atoms with E-state index >= 15 is 0 Å². The van der Waals surface area contributed by atoms with Crippen LogP contribution in [0.1, 0.15) is 74.3 Å². The molecule has 1 amide bonds. The summed E-state index contributed by atoms with van der Waals surface area (Å²) >= 11 is 0. The first-order valence-corrected chi connectivity index (χ1v) is 11.1. The van der Waals surface area contributed by atoms with Gasteiger partial charge in [-0.25, -0.2) is 4.68 Å². The van der Waals surface area contributed by atoms with Crippen LogP contribution in [0.5, 0.6) is 0 Å². The second kappa shape index (κ2) is 7.06. The highest BCUT2D eigenvalue weighted by Gasteiger charge is 2.53. The number of benzene rings is 1. The number of amides is 1. The fraction of sp³-hybridized carbons (Fsp3) is 0.583. The molecule has 0 radical (unpaired) electrons. The molecule has 0 saturated heterocycles. The summed E-state index contributed by atoms with van der Waals surface area (Å²) < 4.78 is 1.93. The molecule has 4 heteroatoms. The highest BCUT2D eigenvalue weighted by Crippen LogP contribution is 2.60. The molecule has 4 fully saturated rings. The highest BCUT2D eigenvalue weighted by molar-refractivity contribution is 5.95. The lowest BCUT2D eigenvalue weighted by atomic mass is 9.48. The topological polar surface area (TPSA) is 46.9 Å². The molecule has 2 aromatic rings. The Morgan fingerprint density at radius 3 is 2.36 bits per heavy atom. The predicted octanol–water partition coefficient (Wildman–Crippen LogP) is 4.87. The zero-order chi connectivity index (χ0) is 19.1. The molecule has 4 aliphatic rings. The number of nitrogens with zero attached hydrogens (tertiary/aromatic N) is 2. The average molecular weight is 378 g/mol. The summed E-state index contributed by atoms with van der Waals surface area (Å²) in [4.78, 5) is 13.1. The summed E-state index contributed by atoms with van der Waals surface area (Å²) in [6.45, 7) is 2.90. The van der Waals surface area contributed by atoms with Crippen molar-refractivity contribution >= 4 is 5.91 Å². The lowest BCUT2D eigenvalue weighted by molar-refractivity contribution is -0.00770. The van der Waals surface area contributed by atoms with Gasteiger partial charge in [0.15, 0.2) is 0 Å². The van der Waals surface area contributed by atoms with E-state index < -0.39 is 0 Å². The number of nitrogens with one attached hydrogen (secondary N) is 1. The molecule has 1 heterocycles. The number of unbranched alkanes of at least 4 members (excludes halogenated alkanes) is 1. The quantitative estimate of drug-likeness (QED) is 0.730. The Morgan fingerprint density at radius 1 is 1.11 bits per heavy atom. The molecule has 4 bridgehead atoms. The van der Waals surface area contributed by atoms with Gasteiger partial charge < -0.3 is 5.32 Å². The molecular formula is C24H31N3O. The van der Waals surface area contributed by atoms with E-state index in [-0.39, 0.29) is 11.3 Å². The van der Waals surface area contributed by atoms with E-state index in [4.69, 9.17) is 5.10 Å². The van der Waals surface area contributed by atoms with Crippen LogP contribution in [0.4, 0.5) is 0 Å². The Hall–Kier alpha value is -2.10. The Bertz CT molecular complexity index is 819. The lowest BCUT2D eigenvalue weighted by Crippen LogP contribution is -2.49. The second-order valence-electron chi connectivity index (χ2n) is 9.48. The Balaban J connectivity index is 1.54. The third-order valence-corrected chi connectivity index (χ3v) is 7.34. The first-order valence-electron chi connectivity index (χ1n) is 11.1. The average Bonchev–Trinajstić information content (AvgIpc) is 3.14. The largest absolute Gasteiger partial charge is 0.352 e. The van der Waals surface area contributed by atoms with E-state index in [1.54, 1.807) is 0 Å². The number of hydrogen-bond donors (Lipinski definition) is 1. The molecule has 148 valence electrons. The second-order valence-corrected chi connectivity index (χ2v) is 9.48. The molecule has 6 rings (SSSR count). The van der Waals surface area contributed by atoms with E-state index in [9.17, 15) is 4.79 Å². The van der Waals surface area contributed by atoms with E-state index in [0.29, 0.717) is 0 Å². The molecule has 1 aromatic heterocycles. The molecule has 4 aliphatic carbocycles. The van der Waals surface area contributed by atoms with Gasteiger partial charge in [0.2, 0.25) is 0 Å². The van der Waals surface area contributed by atoms with Gasteiger partial charge in [0.05, 0.1) is 16.9 Å². The van der Waals surface area contributed by atoms with Crippen molar-refractivity contribution in [1.29, 1.82) is 0 Å². The van der Waals surface area contributed by atoms with Crippen LogP contribution in [-0.4, -0.2) is 22.2 Å². The van der Waals surface area contributed by atoms with Crippen LogP contribution in [0, 0.1) is 17.8 Å². The number of carbonyl (C=O) groups is 1. The van der Waals surface area contributed by atoms with Crippen LogP contribution in [0.25, 0.3) is 5.69 Å².